The van der Waals surface area contributed by atoms with Crippen LogP contribution in [0.4, 0.5) is 0 Å². The van der Waals surface area contributed by atoms with Crippen molar-refractivity contribution in [2.75, 3.05) is 39.5 Å². The van der Waals surface area contributed by atoms with Gasteiger partial charge in [0.2, 0.25) is 17.7 Å². The number of nitrogens with zero attached hydrogens (tertiary/aromatic N) is 1. The van der Waals surface area contributed by atoms with Crippen LogP contribution in [0.2, 0.25) is 0 Å². The average molecular weight is 342 g/mol. The summed E-state index contributed by atoms with van der Waals surface area (Å²) in [6.07, 6.45) is 0. The van der Waals surface area contributed by atoms with E-state index in [9.17, 15) is 19.2 Å². The van der Waals surface area contributed by atoms with Crippen LogP contribution in [0.15, 0.2) is 0 Å². The van der Waals surface area contributed by atoms with Gasteiger partial charge in [0.1, 0.15) is 11.8 Å². The summed E-state index contributed by atoms with van der Waals surface area (Å²) >= 11 is 0. The molecule has 24 heavy (non-hydrogen) atoms. The van der Waals surface area contributed by atoms with Gasteiger partial charge >= 0.3 is 0 Å². The number of amides is 3. The molecule has 0 radical (unpaired) electrons. The maximum atomic E-state index is 12.0. The highest BCUT2D eigenvalue weighted by Gasteiger charge is 2.24. The van der Waals surface area contributed by atoms with Crippen LogP contribution >= 0.6 is 0 Å². The number of hydrogen-bond acceptors (Lipinski definition) is 6. The second-order valence-corrected chi connectivity index (χ2v) is 6.08. The Morgan fingerprint density at radius 2 is 1.79 bits per heavy atom. The molecule has 1 fully saturated rings. The molecule has 9 nitrogen and oxygen atoms in total. The van der Waals surface area contributed by atoms with E-state index in [1.165, 1.54) is 6.92 Å². The first kappa shape index (κ1) is 20.0. The first-order valence-electron chi connectivity index (χ1n) is 7.93. The maximum absolute atomic E-state index is 12.0. The highest BCUT2D eigenvalue weighted by atomic mass is 16.5. The Hall–Kier alpha value is -2.00. The number of ether oxygens (including phenoxy) is 1. The number of ketones is 1. The lowest BCUT2D eigenvalue weighted by Gasteiger charge is -2.21. The van der Waals surface area contributed by atoms with Gasteiger partial charge in [0.05, 0.1) is 33.0 Å². The standard InChI is InChI=1S/C15H26N4O5/c1-10(2)14(15(23)17-6-11(3)20)18-12(21)7-16-13(22)8-19-4-5-24-9-19/h10,14H,4-9H2,1-3H3,(H,16,22)(H,17,23)(H,18,21). The normalized spacial score (nSPS) is 15.8. The van der Waals surface area contributed by atoms with Crippen LogP contribution in [0.5, 0.6) is 0 Å². The molecule has 0 spiro atoms. The van der Waals surface area contributed by atoms with Crippen molar-refractivity contribution in [2.24, 2.45) is 5.92 Å². The molecule has 1 saturated heterocycles. The van der Waals surface area contributed by atoms with Gasteiger partial charge in [-0.2, -0.15) is 0 Å². The minimum absolute atomic E-state index is 0.0768. The maximum Gasteiger partial charge on any atom is 0.243 e. The van der Waals surface area contributed by atoms with Crippen LogP contribution in [0.25, 0.3) is 0 Å². The van der Waals surface area contributed by atoms with Crippen molar-refractivity contribution < 1.29 is 23.9 Å². The molecule has 9 heteroatoms. The topological polar surface area (TPSA) is 117 Å². The van der Waals surface area contributed by atoms with Crippen LogP contribution in [-0.2, 0) is 23.9 Å². The quantitative estimate of drug-likeness (QED) is 0.457. The van der Waals surface area contributed by atoms with Crippen molar-refractivity contribution in [2.45, 2.75) is 26.8 Å². The molecule has 1 aliphatic rings. The Kier molecular flexibility index (Phi) is 8.34. The zero-order valence-corrected chi connectivity index (χ0v) is 14.4. The van der Waals surface area contributed by atoms with Crippen LogP contribution in [0, 0.1) is 5.92 Å². The Labute approximate surface area is 141 Å². The number of hydrogen-bond donors (Lipinski definition) is 3. The molecule has 3 amide bonds. The zero-order chi connectivity index (χ0) is 18.1. The van der Waals surface area contributed by atoms with Gasteiger partial charge in [-0.15, -0.1) is 0 Å². The molecule has 3 N–H and O–H groups in total. The Morgan fingerprint density at radius 3 is 2.33 bits per heavy atom. The molecule has 0 bridgehead atoms. The van der Waals surface area contributed by atoms with Crippen LogP contribution in [-0.4, -0.2) is 74.0 Å². The lowest BCUT2D eigenvalue weighted by molar-refractivity contribution is -0.131. The molecular weight excluding hydrogens is 316 g/mol. The summed E-state index contributed by atoms with van der Waals surface area (Å²) in [4.78, 5) is 48.4. The SMILES string of the molecule is CC(=O)CNC(=O)C(NC(=O)CNC(=O)CN1CCOC1)C(C)C. The molecule has 0 aliphatic carbocycles. The van der Waals surface area contributed by atoms with Crippen LogP contribution < -0.4 is 16.0 Å². The van der Waals surface area contributed by atoms with E-state index in [4.69, 9.17) is 4.74 Å². The summed E-state index contributed by atoms with van der Waals surface area (Å²) in [5.74, 6) is -1.49. The monoisotopic (exact) mass is 342 g/mol. The molecule has 0 aromatic carbocycles. The van der Waals surface area contributed by atoms with Gasteiger partial charge in [0, 0.05) is 6.54 Å². The molecular formula is C15H26N4O5. The summed E-state index contributed by atoms with van der Waals surface area (Å²) in [7, 11) is 0. The summed E-state index contributed by atoms with van der Waals surface area (Å²) in [5, 5.41) is 7.55. The van der Waals surface area contributed by atoms with E-state index < -0.39 is 17.9 Å². The second-order valence-electron chi connectivity index (χ2n) is 6.08. The largest absolute Gasteiger partial charge is 0.365 e. The van der Waals surface area contributed by atoms with Gasteiger partial charge in [-0.05, 0) is 12.8 Å². The minimum Gasteiger partial charge on any atom is -0.365 e. The van der Waals surface area contributed by atoms with Gasteiger partial charge in [0.25, 0.3) is 0 Å². The van der Waals surface area contributed by atoms with Crippen molar-refractivity contribution in [1.29, 1.82) is 0 Å². The molecule has 0 saturated carbocycles. The van der Waals surface area contributed by atoms with Gasteiger partial charge < -0.3 is 20.7 Å². The smallest absolute Gasteiger partial charge is 0.243 e. The predicted octanol–water partition coefficient (Wildman–Crippen LogP) is -1.76. The summed E-state index contributed by atoms with van der Waals surface area (Å²) in [5.41, 5.74) is 0. The van der Waals surface area contributed by atoms with Gasteiger partial charge in [0.15, 0.2) is 0 Å². The van der Waals surface area contributed by atoms with Crippen molar-refractivity contribution in [1.82, 2.24) is 20.9 Å². The summed E-state index contributed by atoms with van der Waals surface area (Å²) < 4.78 is 5.13. The molecule has 0 aromatic rings. The number of rotatable bonds is 9. The predicted molar refractivity (Wildman–Crippen MR) is 85.9 cm³/mol. The van der Waals surface area contributed by atoms with Crippen molar-refractivity contribution >= 4 is 23.5 Å². The fourth-order valence-electron chi connectivity index (χ4n) is 2.10. The van der Waals surface area contributed by atoms with Crippen LogP contribution in [0.1, 0.15) is 20.8 Å². The molecule has 1 rings (SSSR count). The summed E-state index contributed by atoms with van der Waals surface area (Å²) in [6, 6.07) is -0.763. The van der Waals surface area contributed by atoms with Crippen molar-refractivity contribution in [3.63, 3.8) is 0 Å². The van der Waals surface area contributed by atoms with E-state index in [-0.39, 0.29) is 37.2 Å². The van der Waals surface area contributed by atoms with Gasteiger partial charge in [-0.3, -0.25) is 24.1 Å². The first-order valence-corrected chi connectivity index (χ1v) is 7.93. The fraction of sp³-hybridized carbons (Fsp3) is 0.733. The molecule has 0 aromatic heterocycles. The second kappa shape index (κ2) is 9.99. The fourth-order valence-corrected chi connectivity index (χ4v) is 2.10. The molecule has 136 valence electrons. The van der Waals surface area contributed by atoms with Gasteiger partial charge in [-0.25, -0.2) is 0 Å². The number of Topliss-reactive ketones (excluding diaryl/α,β-unsaturated/α-hetero) is 1. The average Bonchev–Trinajstić information content (AvgIpc) is 3.00. The lowest BCUT2D eigenvalue weighted by Crippen LogP contribution is -2.52. The van der Waals surface area contributed by atoms with E-state index in [1.54, 1.807) is 13.8 Å². The van der Waals surface area contributed by atoms with E-state index in [2.05, 4.69) is 16.0 Å². The minimum atomic E-state index is -0.763. The molecule has 1 atom stereocenters. The van der Waals surface area contributed by atoms with Crippen molar-refractivity contribution in [3.05, 3.63) is 0 Å². The van der Waals surface area contributed by atoms with E-state index >= 15 is 0 Å². The zero-order valence-electron chi connectivity index (χ0n) is 14.4. The molecule has 1 unspecified atom stereocenters. The van der Waals surface area contributed by atoms with E-state index in [0.29, 0.717) is 19.9 Å². The number of carbonyl (C=O) groups is 4. The number of carbonyl (C=O) groups excluding carboxylic acids is 4. The Morgan fingerprint density at radius 1 is 1.08 bits per heavy atom. The van der Waals surface area contributed by atoms with Gasteiger partial charge in [-0.1, -0.05) is 13.8 Å². The number of nitrogens with one attached hydrogen (secondary N) is 3. The van der Waals surface area contributed by atoms with E-state index in [0.717, 1.165) is 0 Å². The van der Waals surface area contributed by atoms with Crippen molar-refractivity contribution in [3.8, 4) is 0 Å². The lowest BCUT2D eigenvalue weighted by atomic mass is 10.0. The third-order valence-corrected chi connectivity index (χ3v) is 3.42. The Balaban J connectivity index is 2.37. The first-order chi connectivity index (χ1) is 11.3. The van der Waals surface area contributed by atoms with Crippen LogP contribution in [0.3, 0.4) is 0 Å². The molecule has 1 aliphatic heterocycles. The third kappa shape index (κ3) is 7.51. The highest BCUT2D eigenvalue weighted by Crippen LogP contribution is 2.01. The highest BCUT2D eigenvalue weighted by molar-refractivity contribution is 5.92. The van der Waals surface area contributed by atoms with E-state index in [1.807, 2.05) is 4.90 Å². The molecule has 1 heterocycles. The summed E-state index contributed by atoms with van der Waals surface area (Å²) in [6.45, 7) is 6.50. The Bertz CT molecular complexity index is 474. The third-order valence-electron chi connectivity index (χ3n) is 3.42.